The number of carbonyl (C=O) groups is 1. The third-order valence-corrected chi connectivity index (χ3v) is 5.35. The minimum Gasteiger partial charge on any atom is -0.378 e. The van der Waals surface area contributed by atoms with Crippen molar-refractivity contribution in [2.24, 2.45) is 5.73 Å². The summed E-state index contributed by atoms with van der Waals surface area (Å²) in [5.41, 5.74) is 11.3. The van der Waals surface area contributed by atoms with E-state index in [1.165, 1.54) is 0 Å². The van der Waals surface area contributed by atoms with Crippen LogP contribution >= 0.6 is 0 Å². The lowest BCUT2D eigenvalue weighted by Crippen LogP contribution is -2.43. The largest absolute Gasteiger partial charge is 0.378 e. The van der Waals surface area contributed by atoms with Crippen LogP contribution < -0.4 is 16.0 Å². The molecule has 6 nitrogen and oxygen atoms in total. The molecule has 3 aromatic rings. The fraction of sp³-hybridized carbons (Fsp3) is 0.250. The fourth-order valence-corrected chi connectivity index (χ4v) is 4.01. The predicted molar refractivity (Wildman–Crippen MR) is 118 cm³/mol. The normalized spacial score (nSPS) is 17.6. The Morgan fingerprint density at radius 1 is 1.27 bits per heavy atom. The number of nitrogens with one attached hydrogen (secondary N) is 1. The molecule has 1 aromatic heterocycles. The van der Waals surface area contributed by atoms with Crippen LogP contribution in [0.2, 0.25) is 0 Å². The number of fused-ring (bicyclic) bond motifs is 1. The minimum absolute atomic E-state index is 0.0442. The molecule has 2 atom stereocenters. The highest BCUT2D eigenvalue weighted by Crippen LogP contribution is 2.41. The SMILES string of the molecule is CC(=O)N1c2ccc(-c3cnoc3)cc2[C@H](Nc2ccc(C#CCN)cc2)C[C@@H]1C. The molecule has 2 heterocycles. The molecule has 2 aromatic carbocycles. The summed E-state index contributed by atoms with van der Waals surface area (Å²) in [6.45, 7) is 4.04. The van der Waals surface area contributed by atoms with Gasteiger partial charge in [0, 0.05) is 35.5 Å². The lowest BCUT2D eigenvalue weighted by atomic mass is 9.89. The van der Waals surface area contributed by atoms with E-state index in [1.54, 1.807) is 19.4 Å². The van der Waals surface area contributed by atoms with Crippen LogP contribution in [0.3, 0.4) is 0 Å². The molecule has 0 fully saturated rings. The average molecular weight is 400 g/mol. The molecule has 0 aliphatic carbocycles. The number of benzene rings is 2. The van der Waals surface area contributed by atoms with Gasteiger partial charge in [0.1, 0.15) is 6.26 Å². The van der Waals surface area contributed by atoms with Crippen LogP contribution in [0.5, 0.6) is 0 Å². The summed E-state index contributed by atoms with van der Waals surface area (Å²) in [4.78, 5) is 14.2. The van der Waals surface area contributed by atoms with Crippen LogP contribution in [0.15, 0.2) is 59.4 Å². The Kier molecular flexibility index (Phi) is 5.55. The van der Waals surface area contributed by atoms with Crippen molar-refractivity contribution in [3.8, 4) is 23.0 Å². The lowest BCUT2D eigenvalue weighted by molar-refractivity contribution is -0.117. The standard InChI is InChI=1S/C24H24N4O2/c1-16-12-23(27-21-8-5-18(6-9-21)4-3-11-25)22-13-19(20-14-26-30-15-20)7-10-24(22)28(16)17(2)29/h5-10,13-16,23,27H,11-12,25H2,1-2H3/t16-,23+/m0/s1. The minimum atomic E-state index is 0.0442. The van der Waals surface area contributed by atoms with Gasteiger partial charge in [0.15, 0.2) is 0 Å². The molecule has 1 amide bonds. The number of rotatable bonds is 3. The van der Waals surface area contributed by atoms with Crippen LogP contribution in [-0.4, -0.2) is 23.7 Å². The Morgan fingerprint density at radius 2 is 2.07 bits per heavy atom. The second-order valence-corrected chi connectivity index (χ2v) is 7.44. The maximum atomic E-state index is 12.3. The topological polar surface area (TPSA) is 84.4 Å². The molecule has 0 bridgehead atoms. The van der Waals surface area contributed by atoms with E-state index in [0.717, 1.165) is 40.0 Å². The van der Waals surface area contributed by atoms with E-state index < -0.39 is 0 Å². The molecule has 6 heteroatoms. The van der Waals surface area contributed by atoms with E-state index in [9.17, 15) is 4.79 Å². The Morgan fingerprint density at radius 3 is 2.73 bits per heavy atom. The molecule has 0 spiro atoms. The first-order valence-electron chi connectivity index (χ1n) is 9.96. The first kappa shape index (κ1) is 19.7. The zero-order chi connectivity index (χ0) is 21.1. The summed E-state index contributed by atoms with van der Waals surface area (Å²) in [5.74, 6) is 5.95. The highest BCUT2D eigenvalue weighted by Gasteiger charge is 2.32. The van der Waals surface area contributed by atoms with Crippen LogP contribution in [0.25, 0.3) is 11.1 Å². The van der Waals surface area contributed by atoms with Crippen molar-refractivity contribution in [3.63, 3.8) is 0 Å². The zero-order valence-corrected chi connectivity index (χ0v) is 17.1. The summed E-state index contributed by atoms with van der Waals surface area (Å²) in [7, 11) is 0. The number of hydrogen-bond donors (Lipinski definition) is 2. The number of amides is 1. The Balaban J connectivity index is 1.69. The number of aromatic nitrogens is 1. The molecule has 1 aliphatic heterocycles. The van der Waals surface area contributed by atoms with Crippen molar-refractivity contribution < 1.29 is 9.32 Å². The van der Waals surface area contributed by atoms with Gasteiger partial charge in [-0.1, -0.05) is 23.1 Å². The summed E-state index contributed by atoms with van der Waals surface area (Å²) < 4.78 is 5.00. The summed E-state index contributed by atoms with van der Waals surface area (Å²) in [6.07, 6.45) is 4.12. The van der Waals surface area contributed by atoms with E-state index in [0.29, 0.717) is 6.54 Å². The van der Waals surface area contributed by atoms with Crippen molar-refractivity contribution in [2.45, 2.75) is 32.4 Å². The van der Waals surface area contributed by atoms with Gasteiger partial charge in [-0.3, -0.25) is 4.79 Å². The number of carbonyl (C=O) groups excluding carboxylic acids is 1. The van der Waals surface area contributed by atoms with E-state index >= 15 is 0 Å². The van der Waals surface area contributed by atoms with Gasteiger partial charge >= 0.3 is 0 Å². The maximum absolute atomic E-state index is 12.3. The Labute approximate surface area is 176 Å². The van der Waals surface area contributed by atoms with E-state index in [1.807, 2.05) is 41.3 Å². The maximum Gasteiger partial charge on any atom is 0.224 e. The summed E-state index contributed by atoms with van der Waals surface area (Å²) in [6, 6.07) is 14.3. The number of nitrogens with two attached hydrogens (primary N) is 1. The van der Waals surface area contributed by atoms with E-state index in [4.69, 9.17) is 10.3 Å². The smallest absolute Gasteiger partial charge is 0.224 e. The number of anilines is 2. The van der Waals surface area contributed by atoms with Crippen molar-refractivity contribution in [3.05, 3.63) is 66.1 Å². The fourth-order valence-electron chi connectivity index (χ4n) is 4.01. The van der Waals surface area contributed by atoms with E-state index in [-0.39, 0.29) is 18.0 Å². The predicted octanol–water partition coefficient (Wildman–Crippen LogP) is 3.95. The third kappa shape index (κ3) is 3.93. The van der Waals surface area contributed by atoms with Gasteiger partial charge in [-0.15, -0.1) is 0 Å². The van der Waals surface area contributed by atoms with Crippen LogP contribution in [-0.2, 0) is 4.79 Å². The zero-order valence-electron chi connectivity index (χ0n) is 17.1. The second-order valence-electron chi connectivity index (χ2n) is 7.44. The van der Waals surface area contributed by atoms with Crippen molar-refractivity contribution in [1.82, 2.24) is 5.16 Å². The molecule has 0 radical (unpaired) electrons. The van der Waals surface area contributed by atoms with Gasteiger partial charge in [-0.25, -0.2) is 0 Å². The monoisotopic (exact) mass is 400 g/mol. The van der Waals surface area contributed by atoms with Crippen molar-refractivity contribution in [2.75, 3.05) is 16.8 Å². The lowest BCUT2D eigenvalue weighted by Gasteiger charge is -2.39. The Hall–Kier alpha value is -3.56. The Bertz CT molecular complexity index is 1090. The molecule has 0 saturated carbocycles. The number of nitrogens with zero attached hydrogens (tertiary/aromatic N) is 2. The molecule has 0 unspecified atom stereocenters. The quantitative estimate of drug-likeness (QED) is 0.651. The van der Waals surface area contributed by atoms with Crippen LogP contribution in [0.1, 0.15) is 37.4 Å². The highest BCUT2D eigenvalue weighted by molar-refractivity contribution is 5.94. The second kappa shape index (κ2) is 8.44. The molecule has 1 aliphatic rings. The molecule has 152 valence electrons. The van der Waals surface area contributed by atoms with Crippen molar-refractivity contribution in [1.29, 1.82) is 0 Å². The van der Waals surface area contributed by atoms with Gasteiger partial charge in [0.2, 0.25) is 5.91 Å². The number of hydrogen-bond acceptors (Lipinski definition) is 5. The molecule has 30 heavy (non-hydrogen) atoms. The molecule has 0 saturated heterocycles. The van der Waals surface area contributed by atoms with Gasteiger partial charge in [0.25, 0.3) is 0 Å². The van der Waals surface area contributed by atoms with Gasteiger partial charge < -0.3 is 20.5 Å². The third-order valence-electron chi connectivity index (χ3n) is 5.35. The van der Waals surface area contributed by atoms with Gasteiger partial charge in [-0.2, -0.15) is 0 Å². The summed E-state index contributed by atoms with van der Waals surface area (Å²) in [5, 5.41) is 7.44. The van der Waals surface area contributed by atoms with Crippen molar-refractivity contribution >= 4 is 17.3 Å². The average Bonchev–Trinajstić information content (AvgIpc) is 3.27. The molecule has 3 N–H and O–H groups in total. The van der Waals surface area contributed by atoms with E-state index in [2.05, 4.69) is 35.3 Å². The molecular weight excluding hydrogens is 376 g/mol. The first-order chi connectivity index (χ1) is 14.6. The highest BCUT2D eigenvalue weighted by atomic mass is 16.5. The first-order valence-corrected chi connectivity index (χ1v) is 9.96. The summed E-state index contributed by atoms with van der Waals surface area (Å²) >= 11 is 0. The van der Waals surface area contributed by atoms with Gasteiger partial charge in [-0.05, 0) is 60.9 Å². The van der Waals surface area contributed by atoms with Gasteiger partial charge in [0.05, 0.1) is 18.8 Å². The molecular formula is C24H24N4O2. The molecule has 4 rings (SSSR count). The van der Waals surface area contributed by atoms with Crippen LogP contribution in [0, 0.1) is 11.8 Å². The van der Waals surface area contributed by atoms with Crippen LogP contribution in [0.4, 0.5) is 11.4 Å².